The van der Waals surface area contributed by atoms with Gasteiger partial charge in [0.15, 0.2) is 0 Å². The topological polar surface area (TPSA) is 83.1 Å². The fourth-order valence-corrected chi connectivity index (χ4v) is 2.73. The van der Waals surface area contributed by atoms with Crippen molar-refractivity contribution < 1.29 is 4.79 Å². The number of rotatable bonds is 3. The minimum absolute atomic E-state index is 0.211. The van der Waals surface area contributed by atoms with Gasteiger partial charge < -0.3 is 0 Å². The molecule has 2 aromatic heterocycles. The minimum atomic E-state index is -0.410. The van der Waals surface area contributed by atoms with Crippen LogP contribution in [0.5, 0.6) is 0 Å². The van der Waals surface area contributed by atoms with Gasteiger partial charge in [0.2, 0.25) is 16.8 Å². The van der Waals surface area contributed by atoms with E-state index in [2.05, 4.69) is 15.4 Å². The molecule has 104 valence electrons. The summed E-state index contributed by atoms with van der Waals surface area (Å²) in [5.74, 6) is -0.192. The third-order valence-corrected chi connectivity index (χ3v) is 3.74. The molecule has 1 N–H and O–H groups in total. The Kier molecular flexibility index (Phi) is 3.38. The molecule has 0 atom stereocenters. The van der Waals surface area contributed by atoms with Crippen LogP contribution in [0, 0.1) is 18.3 Å². The second-order valence-electron chi connectivity index (χ2n) is 4.50. The molecule has 0 aliphatic rings. The maximum absolute atomic E-state index is 11.4. The third-order valence-electron chi connectivity index (χ3n) is 2.92. The summed E-state index contributed by atoms with van der Waals surface area (Å²) in [4.78, 5) is 16.3. The first-order chi connectivity index (χ1) is 10.2. The van der Waals surface area contributed by atoms with Gasteiger partial charge in [-0.3, -0.25) is 10.1 Å². The first-order valence-electron chi connectivity index (χ1n) is 6.25. The molecule has 1 amide bonds. The van der Waals surface area contributed by atoms with Gasteiger partial charge in [0.05, 0.1) is 11.8 Å². The number of amides is 1. The predicted molar refractivity (Wildman–Crippen MR) is 79.9 cm³/mol. The fourth-order valence-electron chi connectivity index (χ4n) is 1.90. The minimum Gasteiger partial charge on any atom is -0.292 e. The number of hydrogen-bond donors (Lipinski definition) is 1. The second-order valence-corrected chi connectivity index (χ2v) is 5.34. The molecule has 6 nitrogen and oxygen atoms in total. The zero-order valence-electron chi connectivity index (χ0n) is 11.2. The van der Waals surface area contributed by atoms with Gasteiger partial charge in [-0.1, -0.05) is 29.8 Å². The summed E-state index contributed by atoms with van der Waals surface area (Å²) >= 11 is 1.45. The van der Waals surface area contributed by atoms with Crippen molar-refractivity contribution in [1.82, 2.24) is 14.6 Å². The average molecular weight is 297 g/mol. The molecule has 3 rings (SSSR count). The maximum atomic E-state index is 11.4. The summed E-state index contributed by atoms with van der Waals surface area (Å²) in [6, 6.07) is 9.89. The Bertz CT molecular complexity index is 840. The molecular weight excluding hydrogens is 286 g/mol. The van der Waals surface area contributed by atoms with Crippen LogP contribution in [0.3, 0.4) is 0 Å². The lowest BCUT2D eigenvalue weighted by Crippen LogP contribution is -2.11. The highest BCUT2D eigenvalue weighted by atomic mass is 32.1. The highest BCUT2D eigenvalue weighted by Gasteiger charge is 2.13. The second kappa shape index (κ2) is 5.34. The largest absolute Gasteiger partial charge is 0.292 e. The van der Waals surface area contributed by atoms with Crippen molar-refractivity contribution in [2.45, 2.75) is 13.3 Å². The highest BCUT2D eigenvalue weighted by Crippen LogP contribution is 2.26. The van der Waals surface area contributed by atoms with Crippen molar-refractivity contribution in [3.63, 3.8) is 0 Å². The molecule has 0 aliphatic heterocycles. The molecule has 0 fully saturated rings. The molecule has 0 aliphatic carbocycles. The number of nitriles is 1. The molecule has 0 unspecified atom stereocenters. The van der Waals surface area contributed by atoms with Gasteiger partial charge in [0, 0.05) is 10.9 Å². The van der Waals surface area contributed by atoms with E-state index in [1.807, 2.05) is 36.6 Å². The summed E-state index contributed by atoms with van der Waals surface area (Å²) < 4.78 is 1.69. The van der Waals surface area contributed by atoms with Crippen LogP contribution < -0.4 is 5.32 Å². The van der Waals surface area contributed by atoms with Gasteiger partial charge >= 0.3 is 0 Å². The van der Waals surface area contributed by atoms with Crippen molar-refractivity contribution in [3.05, 3.63) is 35.2 Å². The zero-order chi connectivity index (χ0) is 14.8. The van der Waals surface area contributed by atoms with E-state index in [1.54, 1.807) is 10.6 Å². The van der Waals surface area contributed by atoms with E-state index in [4.69, 9.17) is 5.26 Å². The molecular formula is C14H11N5OS. The number of aryl methyl sites for hydroxylation is 1. The van der Waals surface area contributed by atoms with Crippen molar-refractivity contribution in [1.29, 1.82) is 5.26 Å². The van der Waals surface area contributed by atoms with Gasteiger partial charge in [-0.2, -0.15) is 10.2 Å². The quantitative estimate of drug-likeness (QED) is 0.805. The standard InChI is InChI=1S/C14H11N5OS/c1-9-2-4-10(5-3-9)11-8-21-14-17-13(18-19(11)14)16-12(20)6-7-15/h2-5,8H,6H2,1H3,(H,16,18,20). The molecule has 0 bridgehead atoms. The van der Waals surface area contributed by atoms with Crippen LogP contribution in [0.25, 0.3) is 16.2 Å². The van der Waals surface area contributed by atoms with Crippen LogP contribution in [0.4, 0.5) is 5.95 Å². The summed E-state index contributed by atoms with van der Waals surface area (Å²) in [6.45, 7) is 2.03. The van der Waals surface area contributed by atoms with Crippen molar-refractivity contribution >= 4 is 28.2 Å². The van der Waals surface area contributed by atoms with Gasteiger partial charge in [0.1, 0.15) is 6.42 Å². The van der Waals surface area contributed by atoms with E-state index in [-0.39, 0.29) is 12.4 Å². The van der Waals surface area contributed by atoms with E-state index < -0.39 is 5.91 Å². The van der Waals surface area contributed by atoms with Crippen LogP contribution in [0.15, 0.2) is 29.6 Å². The number of benzene rings is 1. The van der Waals surface area contributed by atoms with E-state index >= 15 is 0 Å². The first kappa shape index (κ1) is 13.3. The summed E-state index contributed by atoms with van der Waals surface area (Å²) in [6.07, 6.45) is -0.211. The number of anilines is 1. The Morgan fingerprint density at radius 1 is 1.43 bits per heavy atom. The normalized spacial score (nSPS) is 10.5. The van der Waals surface area contributed by atoms with Crippen molar-refractivity contribution in [2.75, 3.05) is 5.32 Å². The molecule has 3 aromatic rings. The van der Waals surface area contributed by atoms with Crippen molar-refractivity contribution in [3.8, 4) is 17.3 Å². The number of fused-ring (bicyclic) bond motifs is 1. The monoisotopic (exact) mass is 297 g/mol. The van der Waals surface area contributed by atoms with Gasteiger partial charge in [-0.25, -0.2) is 4.52 Å². The molecule has 7 heteroatoms. The first-order valence-corrected chi connectivity index (χ1v) is 7.13. The number of aromatic nitrogens is 3. The SMILES string of the molecule is Cc1ccc(-c2csc3nc(NC(=O)CC#N)nn23)cc1. The number of nitrogens with zero attached hydrogens (tertiary/aromatic N) is 4. The predicted octanol–water partition coefficient (Wildman–Crippen LogP) is 2.62. The molecule has 0 spiro atoms. The van der Waals surface area contributed by atoms with Crippen LogP contribution in [-0.4, -0.2) is 20.5 Å². The number of nitrogens with one attached hydrogen (secondary N) is 1. The van der Waals surface area contributed by atoms with Crippen LogP contribution in [0.1, 0.15) is 12.0 Å². The van der Waals surface area contributed by atoms with Gasteiger partial charge in [-0.05, 0) is 6.92 Å². The Morgan fingerprint density at radius 3 is 2.90 bits per heavy atom. The van der Waals surface area contributed by atoms with Crippen molar-refractivity contribution in [2.24, 2.45) is 0 Å². The lowest BCUT2D eigenvalue weighted by atomic mass is 10.1. The molecule has 21 heavy (non-hydrogen) atoms. The molecule has 0 saturated carbocycles. The van der Waals surface area contributed by atoms with Crippen LogP contribution in [-0.2, 0) is 4.79 Å². The Hall–Kier alpha value is -2.72. The molecule has 1 aromatic carbocycles. The Balaban J connectivity index is 1.95. The third kappa shape index (κ3) is 2.61. The smallest absolute Gasteiger partial charge is 0.250 e. The summed E-state index contributed by atoms with van der Waals surface area (Å²) in [7, 11) is 0. The van der Waals surface area contributed by atoms with E-state index in [1.165, 1.54) is 16.9 Å². The summed E-state index contributed by atoms with van der Waals surface area (Å²) in [5.41, 5.74) is 3.14. The summed E-state index contributed by atoms with van der Waals surface area (Å²) in [5, 5.41) is 17.2. The van der Waals surface area contributed by atoms with E-state index in [9.17, 15) is 4.79 Å². The maximum Gasteiger partial charge on any atom is 0.250 e. The number of carbonyl (C=O) groups excluding carboxylic acids is 1. The van der Waals surface area contributed by atoms with Crippen LogP contribution >= 0.6 is 11.3 Å². The Morgan fingerprint density at radius 2 is 2.19 bits per heavy atom. The number of hydrogen-bond acceptors (Lipinski definition) is 5. The average Bonchev–Trinajstić information content (AvgIpc) is 3.00. The number of thiazole rings is 1. The van der Waals surface area contributed by atoms with E-state index in [0.29, 0.717) is 4.96 Å². The number of carbonyl (C=O) groups is 1. The van der Waals surface area contributed by atoms with Gasteiger partial charge in [0.25, 0.3) is 0 Å². The lowest BCUT2D eigenvalue weighted by molar-refractivity contribution is -0.115. The molecule has 0 radical (unpaired) electrons. The lowest BCUT2D eigenvalue weighted by Gasteiger charge is -1.99. The molecule has 2 heterocycles. The van der Waals surface area contributed by atoms with Gasteiger partial charge in [-0.15, -0.1) is 16.4 Å². The zero-order valence-corrected chi connectivity index (χ0v) is 12.0. The Labute approximate surface area is 124 Å². The van der Waals surface area contributed by atoms with Crippen LogP contribution in [0.2, 0.25) is 0 Å². The highest BCUT2D eigenvalue weighted by molar-refractivity contribution is 7.15. The molecule has 0 saturated heterocycles. The fraction of sp³-hybridized carbons (Fsp3) is 0.143. The van der Waals surface area contributed by atoms with E-state index in [0.717, 1.165) is 11.3 Å².